The molecule has 0 spiro atoms. The number of rotatable bonds is 5. The van der Waals surface area contributed by atoms with Gasteiger partial charge in [-0.3, -0.25) is 9.69 Å². The lowest BCUT2D eigenvalue weighted by Crippen LogP contribution is -2.50. The quantitative estimate of drug-likeness (QED) is 0.738. The maximum absolute atomic E-state index is 13.2. The summed E-state index contributed by atoms with van der Waals surface area (Å²) in [5.74, 6) is -2.05. The van der Waals surface area contributed by atoms with Crippen LogP contribution in [0.4, 0.5) is 14.5 Å². The van der Waals surface area contributed by atoms with Crippen molar-refractivity contribution in [3.05, 3.63) is 58.1 Å². The molecule has 6 nitrogen and oxygen atoms in total. The van der Waals surface area contributed by atoms with Crippen LogP contribution in [-0.2, 0) is 14.8 Å². The maximum atomic E-state index is 13.2. The Hall–Kier alpha value is -1.78. The molecule has 1 aliphatic heterocycles. The number of benzene rings is 2. The second kappa shape index (κ2) is 8.93. The molecule has 2 aromatic rings. The number of hydrogen-bond donors (Lipinski definition) is 1. The minimum atomic E-state index is -3.87. The summed E-state index contributed by atoms with van der Waals surface area (Å²) in [5, 5.41) is 2.51. The van der Waals surface area contributed by atoms with E-state index in [2.05, 4.69) is 5.32 Å². The van der Waals surface area contributed by atoms with Crippen molar-refractivity contribution in [3.63, 3.8) is 0 Å². The average Bonchev–Trinajstić information content (AvgIpc) is 2.60. The highest BCUT2D eigenvalue weighted by Crippen LogP contribution is 2.31. The van der Waals surface area contributed by atoms with Gasteiger partial charge in [0.25, 0.3) is 0 Å². The second-order valence-corrected chi connectivity index (χ2v) is 9.13. The van der Waals surface area contributed by atoms with E-state index in [1.165, 1.54) is 16.4 Å². The molecule has 29 heavy (non-hydrogen) atoms. The van der Waals surface area contributed by atoms with Crippen LogP contribution in [0, 0.1) is 11.6 Å². The largest absolute Gasteiger partial charge is 0.325 e. The third-order valence-corrected chi connectivity index (χ3v) is 7.22. The van der Waals surface area contributed by atoms with Gasteiger partial charge >= 0.3 is 0 Å². The number of carbonyl (C=O) groups excluding carboxylic acids is 1. The van der Waals surface area contributed by atoms with Gasteiger partial charge in [-0.05, 0) is 24.3 Å². The lowest BCUT2D eigenvalue weighted by Gasteiger charge is -2.33. The van der Waals surface area contributed by atoms with E-state index in [1.807, 2.05) is 0 Å². The molecular formula is C18H17Cl2F2N3O3S. The molecule has 1 N–H and O–H groups in total. The van der Waals surface area contributed by atoms with Crippen LogP contribution in [0.2, 0.25) is 10.0 Å². The molecule has 1 heterocycles. The Morgan fingerprint density at radius 1 is 1.00 bits per heavy atom. The molecule has 1 aliphatic rings. The molecule has 3 rings (SSSR count). The lowest BCUT2D eigenvalue weighted by atomic mass is 10.3. The zero-order valence-corrected chi connectivity index (χ0v) is 17.4. The fraction of sp³-hybridized carbons (Fsp3) is 0.278. The zero-order valence-electron chi connectivity index (χ0n) is 15.0. The Bertz CT molecular complexity index is 989. The molecule has 1 saturated heterocycles. The summed E-state index contributed by atoms with van der Waals surface area (Å²) in [6.45, 7) is 0.842. The third-order valence-electron chi connectivity index (χ3n) is 4.36. The molecular weight excluding hydrogens is 447 g/mol. The van der Waals surface area contributed by atoms with Gasteiger partial charge in [0, 0.05) is 37.9 Å². The van der Waals surface area contributed by atoms with Crippen molar-refractivity contribution in [2.24, 2.45) is 0 Å². The van der Waals surface area contributed by atoms with Crippen LogP contribution in [-0.4, -0.2) is 56.3 Å². The predicted octanol–water partition coefficient (Wildman–Crippen LogP) is 3.22. The van der Waals surface area contributed by atoms with Gasteiger partial charge in [-0.1, -0.05) is 29.3 Å². The Morgan fingerprint density at radius 2 is 1.55 bits per heavy atom. The predicted molar refractivity (Wildman–Crippen MR) is 107 cm³/mol. The molecule has 0 radical (unpaired) electrons. The zero-order chi connectivity index (χ0) is 21.2. The summed E-state index contributed by atoms with van der Waals surface area (Å²) < 4.78 is 53.4. The number of nitrogens with one attached hydrogen (secondary N) is 1. The first kappa shape index (κ1) is 21.9. The minimum absolute atomic E-state index is 0.0158. The molecule has 0 unspecified atom stereocenters. The van der Waals surface area contributed by atoms with Gasteiger partial charge in [-0.25, -0.2) is 17.2 Å². The number of nitrogens with zero attached hydrogens (tertiary/aromatic N) is 2. The Kier molecular flexibility index (Phi) is 6.75. The fourth-order valence-corrected chi connectivity index (χ4v) is 5.53. The van der Waals surface area contributed by atoms with Gasteiger partial charge in [-0.2, -0.15) is 4.31 Å². The molecule has 0 saturated carbocycles. The molecule has 1 fully saturated rings. The molecule has 0 aromatic heterocycles. The summed E-state index contributed by atoms with van der Waals surface area (Å²) in [6, 6.07) is 7.20. The van der Waals surface area contributed by atoms with Gasteiger partial charge in [0.1, 0.15) is 16.5 Å². The standard InChI is InChI=1S/C18H17Cl2F2N3O3S/c19-15-2-1-3-16(20)18(15)29(27,28)25-6-4-24(5-7-25)11-17(26)23-14-9-12(21)8-13(22)10-14/h1-3,8-10H,4-7,11H2,(H,23,26). The van der Waals surface area contributed by atoms with Crippen molar-refractivity contribution in [3.8, 4) is 0 Å². The molecule has 156 valence electrons. The van der Waals surface area contributed by atoms with Gasteiger partial charge in [0.2, 0.25) is 15.9 Å². The molecule has 0 atom stereocenters. The summed E-state index contributed by atoms with van der Waals surface area (Å²) in [4.78, 5) is 13.7. The van der Waals surface area contributed by atoms with E-state index >= 15 is 0 Å². The van der Waals surface area contributed by atoms with E-state index in [-0.39, 0.29) is 40.3 Å². The number of hydrogen-bond acceptors (Lipinski definition) is 4. The van der Waals surface area contributed by atoms with E-state index in [4.69, 9.17) is 23.2 Å². The first-order valence-electron chi connectivity index (χ1n) is 8.59. The summed E-state index contributed by atoms with van der Waals surface area (Å²) in [5.41, 5.74) is 0.0158. The van der Waals surface area contributed by atoms with Crippen LogP contribution in [0.15, 0.2) is 41.3 Å². The van der Waals surface area contributed by atoms with E-state index in [9.17, 15) is 22.0 Å². The minimum Gasteiger partial charge on any atom is -0.325 e. The Balaban J connectivity index is 1.59. The molecule has 0 aliphatic carbocycles. The van der Waals surface area contributed by atoms with Crippen LogP contribution < -0.4 is 5.32 Å². The van der Waals surface area contributed by atoms with Crippen LogP contribution >= 0.6 is 23.2 Å². The number of anilines is 1. The number of amides is 1. The molecule has 11 heteroatoms. The first-order valence-corrected chi connectivity index (χ1v) is 10.8. The maximum Gasteiger partial charge on any atom is 0.246 e. The molecule has 1 amide bonds. The van der Waals surface area contributed by atoms with Gasteiger partial charge in [-0.15, -0.1) is 0 Å². The van der Waals surface area contributed by atoms with Crippen LogP contribution in [0.3, 0.4) is 0 Å². The number of sulfonamides is 1. The van der Waals surface area contributed by atoms with Crippen molar-refractivity contribution < 1.29 is 22.0 Å². The monoisotopic (exact) mass is 463 g/mol. The van der Waals surface area contributed by atoms with Crippen LogP contribution in [0.1, 0.15) is 0 Å². The van der Waals surface area contributed by atoms with Crippen LogP contribution in [0.5, 0.6) is 0 Å². The lowest BCUT2D eigenvalue weighted by molar-refractivity contribution is -0.117. The summed E-state index contributed by atoms with van der Waals surface area (Å²) in [6.07, 6.45) is 0. The average molecular weight is 464 g/mol. The summed E-state index contributed by atoms with van der Waals surface area (Å²) >= 11 is 12.0. The Labute approximate surface area is 177 Å². The number of carbonyl (C=O) groups is 1. The molecule has 2 aromatic carbocycles. The first-order chi connectivity index (χ1) is 13.7. The molecule has 0 bridgehead atoms. The number of piperazine rings is 1. The highest BCUT2D eigenvalue weighted by atomic mass is 35.5. The highest BCUT2D eigenvalue weighted by molar-refractivity contribution is 7.89. The van der Waals surface area contributed by atoms with Gasteiger partial charge in [0.05, 0.1) is 16.6 Å². The van der Waals surface area contributed by atoms with E-state index in [0.29, 0.717) is 19.2 Å². The normalized spacial score (nSPS) is 16.0. The summed E-state index contributed by atoms with van der Waals surface area (Å²) in [7, 11) is -3.87. The highest BCUT2D eigenvalue weighted by Gasteiger charge is 2.32. The van der Waals surface area contributed by atoms with E-state index in [0.717, 1.165) is 12.1 Å². The Morgan fingerprint density at radius 3 is 2.10 bits per heavy atom. The fourth-order valence-electron chi connectivity index (χ4n) is 3.02. The van der Waals surface area contributed by atoms with E-state index in [1.54, 1.807) is 11.0 Å². The SMILES string of the molecule is O=C(CN1CCN(S(=O)(=O)c2c(Cl)cccc2Cl)CC1)Nc1cc(F)cc(F)c1. The van der Waals surface area contributed by atoms with Crippen LogP contribution in [0.25, 0.3) is 0 Å². The van der Waals surface area contributed by atoms with E-state index < -0.39 is 27.6 Å². The van der Waals surface area contributed by atoms with Gasteiger partial charge < -0.3 is 5.32 Å². The second-order valence-electron chi connectivity index (χ2n) is 6.44. The van der Waals surface area contributed by atoms with Crippen molar-refractivity contribution >= 4 is 44.8 Å². The number of halogens is 4. The van der Waals surface area contributed by atoms with Crippen molar-refractivity contribution in [1.29, 1.82) is 0 Å². The topological polar surface area (TPSA) is 69.7 Å². The van der Waals surface area contributed by atoms with Crippen molar-refractivity contribution in [2.75, 3.05) is 38.0 Å². The van der Waals surface area contributed by atoms with Gasteiger partial charge in [0.15, 0.2) is 0 Å². The van der Waals surface area contributed by atoms with Crippen molar-refractivity contribution in [2.45, 2.75) is 4.90 Å². The third kappa shape index (κ3) is 5.23. The smallest absolute Gasteiger partial charge is 0.246 e. The van der Waals surface area contributed by atoms with Crippen molar-refractivity contribution in [1.82, 2.24) is 9.21 Å².